The summed E-state index contributed by atoms with van der Waals surface area (Å²) in [5.74, 6) is -0.204. The number of hydrogen-bond donors (Lipinski definition) is 1. The Morgan fingerprint density at radius 3 is 2.32 bits per heavy atom. The van der Waals surface area contributed by atoms with Crippen LogP contribution in [-0.4, -0.2) is 17.1 Å². The highest BCUT2D eigenvalue weighted by molar-refractivity contribution is 7.98. The number of rotatable bonds is 6. The normalized spacial score (nSPS) is 11.6. The second-order valence-electron chi connectivity index (χ2n) is 7.05. The second kappa shape index (κ2) is 9.46. The van der Waals surface area contributed by atoms with Crippen molar-refractivity contribution in [1.82, 2.24) is 10.3 Å². The van der Waals surface area contributed by atoms with Gasteiger partial charge >= 0.3 is 0 Å². The van der Waals surface area contributed by atoms with E-state index in [1.807, 2.05) is 91.2 Å². The van der Waals surface area contributed by atoms with E-state index >= 15 is 0 Å². The van der Waals surface area contributed by atoms with Crippen molar-refractivity contribution < 1.29 is 4.79 Å². The van der Waals surface area contributed by atoms with Gasteiger partial charge in [-0.2, -0.15) is 5.26 Å². The molecule has 4 nitrogen and oxygen atoms in total. The van der Waals surface area contributed by atoms with Crippen molar-refractivity contribution in [3.05, 3.63) is 96.1 Å². The zero-order valence-corrected chi connectivity index (χ0v) is 17.9. The van der Waals surface area contributed by atoms with Crippen LogP contribution >= 0.6 is 11.8 Å². The van der Waals surface area contributed by atoms with Crippen LogP contribution in [0, 0.1) is 11.3 Å². The molecule has 0 aliphatic heterocycles. The fraction of sp³-hybridized carbons (Fsp3) is 0.115. The number of para-hydroxylation sites is 1. The molecule has 0 saturated heterocycles. The molecule has 4 aromatic rings. The lowest BCUT2D eigenvalue weighted by Crippen LogP contribution is -2.29. The standard InChI is InChI=1S/C26H21N3OS/c1-31-25-23(26(30)29-21(16-17-27)18-10-4-2-5-11-18)20-14-8-9-15-22(20)28-24(25)19-12-6-3-7-13-19/h2-15,21H,16H2,1H3,(H,29,30)/t21-/m0/s1. The quantitative estimate of drug-likeness (QED) is 0.386. The first-order valence-electron chi connectivity index (χ1n) is 9.98. The molecule has 4 rings (SSSR count). The van der Waals surface area contributed by atoms with Crippen molar-refractivity contribution in [2.45, 2.75) is 17.4 Å². The Morgan fingerprint density at radius 2 is 1.65 bits per heavy atom. The number of thioether (sulfide) groups is 1. The fourth-order valence-electron chi connectivity index (χ4n) is 3.67. The molecule has 31 heavy (non-hydrogen) atoms. The van der Waals surface area contributed by atoms with Crippen molar-refractivity contribution in [2.24, 2.45) is 0 Å². The molecule has 1 aromatic heterocycles. The Kier molecular flexibility index (Phi) is 6.30. The number of benzene rings is 3. The highest BCUT2D eigenvalue weighted by Crippen LogP contribution is 2.36. The molecule has 0 radical (unpaired) electrons. The smallest absolute Gasteiger partial charge is 0.253 e. The summed E-state index contributed by atoms with van der Waals surface area (Å²) in [5, 5.41) is 13.2. The number of fused-ring (bicyclic) bond motifs is 1. The molecule has 1 atom stereocenters. The van der Waals surface area contributed by atoms with E-state index in [1.165, 1.54) is 11.8 Å². The molecule has 1 heterocycles. The molecular weight excluding hydrogens is 402 g/mol. The monoisotopic (exact) mass is 423 g/mol. The summed E-state index contributed by atoms with van der Waals surface area (Å²) in [6, 6.07) is 29.0. The molecule has 0 bridgehead atoms. The van der Waals surface area contributed by atoms with Gasteiger partial charge in [-0.05, 0) is 17.9 Å². The topological polar surface area (TPSA) is 65.8 Å². The van der Waals surface area contributed by atoms with Gasteiger partial charge in [0.1, 0.15) is 0 Å². The van der Waals surface area contributed by atoms with E-state index in [9.17, 15) is 10.1 Å². The van der Waals surface area contributed by atoms with Gasteiger partial charge in [-0.25, -0.2) is 4.98 Å². The molecule has 5 heteroatoms. The lowest BCUT2D eigenvalue weighted by atomic mass is 10.0. The van der Waals surface area contributed by atoms with E-state index in [4.69, 9.17) is 4.98 Å². The van der Waals surface area contributed by atoms with E-state index < -0.39 is 0 Å². The zero-order chi connectivity index (χ0) is 21.6. The van der Waals surface area contributed by atoms with Crippen molar-refractivity contribution >= 4 is 28.6 Å². The third kappa shape index (κ3) is 4.30. The molecule has 0 spiro atoms. The third-order valence-corrected chi connectivity index (χ3v) is 5.93. The predicted octanol–water partition coefficient (Wildman–Crippen LogP) is 6.01. The lowest BCUT2D eigenvalue weighted by Gasteiger charge is -2.20. The first-order chi connectivity index (χ1) is 15.2. The summed E-state index contributed by atoms with van der Waals surface area (Å²) in [4.78, 5) is 19.3. The molecule has 152 valence electrons. The Hall–Kier alpha value is -3.62. The van der Waals surface area contributed by atoms with Crippen LogP contribution in [0.25, 0.3) is 22.2 Å². The fourth-order valence-corrected chi connectivity index (χ4v) is 4.43. The van der Waals surface area contributed by atoms with Gasteiger partial charge < -0.3 is 5.32 Å². The number of hydrogen-bond acceptors (Lipinski definition) is 4. The maximum absolute atomic E-state index is 13.6. The van der Waals surface area contributed by atoms with E-state index in [0.717, 1.165) is 32.6 Å². The van der Waals surface area contributed by atoms with E-state index in [0.29, 0.717) is 5.56 Å². The van der Waals surface area contributed by atoms with Crippen LogP contribution in [0.2, 0.25) is 0 Å². The van der Waals surface area contributed by atoms with Crippen molar-refractivity contribution in [3.8, 4) is 17.3 Å². The number of carbonyl (C=O) groups is 1. The van der Waals surface area contributed by atoms with Gasteiger partial charge in [0.15, 0.2) is 0 Å². The average Bonchev–Trinajstić information content (AvgIpc) is 2.83. The van der Waals surface area contributed by atoms with Gasteiger partial charge in [-0.15, -0.1) is 11.8 Å². The van der Waals surface area contributed by atoms with E-state index in [-0.39, 0.29) is 18.4 Å². The molecule has 1 amide bonds. The number of nitriles is 1. The van der Waals surface area contributed by atoms with Crippen LogP contribution in [-0.2, 0) is 0 Å². The van der Waals surface area contributed by atoms with E-state index in [1.54, 1.807) is 0 Å². The highest BCUT2D eigenvalue weighted by atomic mass is 32.2. The van der Waals surface area contributed by atoms with Gasteiger partial charge in [0.2, 0.25) is 0 Å². The number of amides is 1. The van der Waals surface area contributed by atoms with Crippen LogP contribution in [0.3, 0.4) is 0 Å². The maximum Gasteiger partial charge on any atom is 0.253 e. The first kappa shape index (κ1) is 20.6. The molecular formula is C26H21N3OS. The number of nitrogens with one attached hydrogen (secondary N) is 1. The highest BCUT2D eigenvalue weighted by Gasteiger charge is 2.23. The molecule has 3 aromatic carbocycles. The van der Waals surface area contributed by atoms with E-state index in [2.05, 4.69) is 11.4 Å². The maximum atomic E-state index is 13.6. The number of carbonyl (C=O) groups excluding carboxylic acids is 1. The van der Waals surface area contributed by atoms with Crippen LogP contribution < -0.4 is 5.32 Å². The van der Waals surface area contributed by atoms with Gasteiger partial charge in [-0.1, -0.05) is 78.9 Å². The molecule has 0 fully saturated rings. The summed E-state index contributed by atoms with van der Waals surface area (Å²) in [6.07, 6.45) is 2.15. The van der Waals surface area contributed by atoms with Gasteiger partial charge in [0.25, 0.3) is 5.91 Å². The van der Waals surface area contributed by atoms with Gasteiger partial charge in [-0.3, -0.25) is 4.79 Å². The van der Waals surface area contributed by atoms with Crippen LogP contribution in [0.15, 0.2) is 89.8 Å². The minimum absolute atomic E-state index is 0.193. The summed E-state index contributed by atoms with van der Waals surface area (Å²) < 4.78 is 0. The zero-order valence-electron chi connectivity index (χ0n) is 17.1. The minimum Gasteiger partial charge on any atom is -0.344 e. The van der Waals surface area contributed by atoms with Crippen LogP contribution in [0.5, 0.6) is 0 Å². The van der Waals surface area contributed by atoms with Crippen molar-refractivity contribution in [2.75, 3.05) is 6.26 Å². The average molecular weight is 424 g/mol. The Balaban J connectivity index is 1.85. The molecule has 0 saturated carbocycles. The Bertz CT molecular complexity index is 1250. The van der Waals surface area contributed by atoms with Crippen LogP contribution in [0.4, 0.5) is 0 Å². The summed E-state index contributed by atoms with van der Waals surface area (Å²) in [5.41, 5.74) is 4.01. The number of nitrogens with zero attached hydrogens (tertiary/aromatic N) is 2. The SMILES string of the molecule is CSc1c(-c2ccccc2)nc2ccccc2c1C(=O)N[C@@H](CC#N)c1ccccc1. The van der Waals surface area contributed by atoms with Gasteiger partial charge in [0.05, 0.1) is 35.3 Å². The minimum atomic E-state index is -0.388. The lowest BCUT2D eigenvalue weighted by molar-refractivity contribution is 0.0936. The van der Waals surface area contributed by atoms with Crippen molar-refractivity contribution in [3.63, 3.8) is 0 Å². The summed E-state index contributed by atoms with van der Waals surface area (Å²) in [7, 11) is 0. The summed E-state index contributed by atoms with van der Waals surface area (Å²) >= 11 is 1.51. The van der Waals surface area contributed by atoms with Crippen molar-refractivity contribution in [1.29, 1.82) is 5.26 Å². The summed E-state index contributed by atoms with van der Waals surface area (Å²) in [6.45, 7) is 0. The largest absolute Gasteiger partial charge is 0.344 e. The predicted molar refractivity (Wildman–Crippen MR) is 126 cm³/mol. The third-order valence-electron chi connectivity index (χ3n) is 5.13. The first-order valence-corrected chi connectivity index (χ1v) is 11.2. The molecule has 1 N–H and O–H groups in total. The molecule has 0 aliphatic carbocycles. The molecule has 0 unspecified atom stereocenters. The molecule has 0 aliphatic rings. The van der Waals surface area contributed by atoms with Gasteiger partial charge in [0, 0.05) is 15.8 Å². The number of pyridine rings is 1. The Morgan fingerprint density at radius 1 is 1.00 bits per heavy atom. The number of aromatic nitrogens is 1. The second-order valence-corrected chi connectivity index (χ2v) is 7.87. The Labute approximate surface area is 185 Å². The van der Waals surface area contributed by atoms with Crippen LogP contribution in [0.1, 0.15) is 28.4 Å².